The Morgan fingerprint density at radius 3 is 2.52 bits per heavy atom. The molecule has 2 aromatic rings. The third kappa shape index (κ3) is 3.95. The average molecular weight is 289 g/mol. The molecule has 4 nitrogen and oxygen atoms in total. The summed E-state index contributed by atoms with van der Waals surface area (Å²) >= 11 is 0. The van der Waals surface area contributed by atoms with Gasteiger partial charge in [-0.25, -0.2) is 4.39 Å². The molecule has 0 aliphatic rings. The van der Waals surface area contributed by atoms with Crippen LogP contribution in [0.4, 0.5) is 10.1 Å². The van der Waals surface area contributed by atoms with Gasteiger partial charge in [0.25, 0.3) is 0 Å². The van der Waals surface area contributed by atoms with E-state index in [0.29, 0.717) is 17.2 Å². The number of anilines is 1. The zero-order valence-electron chi connectivity index (χ0n) is 11.9. The Hall–Kier alpha value is -2.56. The standard InChI is InChI=1S/C16H16FNO3/c1-20-14-7-6-11(8-15(14)21-2)9-16(19)18-13-5-3-4-12(17)10-13/h3-8,10H,9H2,1-2H3,(H,18,19). The highest BCUT2D eigenvalue weighted by Gasteiger charge is 2.09. The predicted molar refractivity (Wildman–Crippen MR) is 78.3 cm³/mol. The maximum atomic E-state index is 13.0. The van der Waals surface area contributed by atoms with Gasteiger partial charge >= 0.3 is 0 Å². The SMILES string of the molecule is COc1ccc(CC(=O)Nc2cccc(F)c2)cc1OC. The van der Waals surface area contributed by atoms with Gasteiger partial charge in [-0.05, 0) is 35.9 Å². The third-order valence-electron chi connectivity index (χ3n) is 2.92. The minimum absolute atomic E-state index is 0.164. The number of hydrogen-bond acceptors (Lipinski definition) is 3. The summed E-state index contributed by atoms with van der Waals surface area (Å²) in [5.41, 5.74) is 1.21. The molecule has 5 heteroatoms. The smallest absolute Gasteiger partial charge is 0.228 e. The first-order chi connectivity index (χ1) is 10.1. The van der Waals surface area contributed by atoms with E-state index >= 15 is 0 Å². The van der Waals surface area contributed by atoms with Crippen molar-refractivity contribution in [3.63, 3.8) is 0 Å². The maximum absolute atomic E-state index is 13.0. The fourth-order valence-corrected chi connectivity index (χ4v) is 1.95. The zero-order valence-corrected chi connectivity index (χ0v) is 11.9. The van der Waals surface area contributed by atoms with Gasteiger partial charge in [0.15, 0.2) is 11.5 Å². The lowest BCUT2D eigenvalue weighted by atomic mass is 10.1. The average Bonchev–Trinajstić information content (AvgIpc) is 2.47. The first kappa shape index (κ1) is 14.8. The van der Waals surface area contributed by atoms with E-state index < -0.39 is 0 Å². The number of carbonyl (C=O) groups is 1. The summed E-state index contributed by atoms with van der Waals surface area (Å²) in [7, 11) is 3.09. The number of amides is 1. The first-order valence-corrected chi connectivity index (χ1v) is 6.38. The highest BCUT2D eigenvalue weighted by Crippen LogP contribution is 2.27. The summed E-state index contributed by atoms with van der Waals surface area (Å²) < 4.78 is 23.4. The largest absolute Gasteiger partial charge is 0.493 e. The van der Waals surface area contributed by atoms with Crippen LogP contribution in [0.2, 0.25) is 0 Å². The number of halogens is 1. The monoisotopic (exact) mass is 289 g/mol. The molecule has 0 aliphatic carbocycles. The molecule has 0 fully saturated rings. The van der Waals surface area contributed by atoms with Gasteiger partial charge in [-0.15, -0.1) is 0 Å². The lowest BCUT2D eigenvalue weighted by molar-refractivity contribution is -0.115. The van der Waals surface area contributed by atoms with Gasteiger partial charge in [-0.1, -0.05) is 12.1 Å². The Balaban J connectivity index is 2.06. The molecular formula is C16H16FNO3. The van der Waals surface area contributed by atoms with Gasteiger partial charge in [0.2, 0.25) is 5.91 Å². The Bertz CT molecular complexity index is 643. The quantitative estimate of drug-likeness (QED) is 0.920. The molecule has 2 aromatic carbocycles. The van der Waals surface area contributed by atoms with Crippen LogP contribution in [0.15, 0.2) is 42.5 Å². The van der Waals surface area contributed by atoms with Gasteiger partial charge in [-0.2, -0.15) is 0 Å². The van der Waals surface area contributed by atoms with E-state index in [9.17, 15) is 9.18 Å². The van der Waals surface area contributed by atoms with Crippen LogP contribution in [0.5, 0.6) is 11.5 Å². The summed E-state index contributed by atoms with van der Waals surface area (Å²) in [6.07, 6.45) is 0.164. The number of carbonyl (C=O) groups excluding carboxylic acids is 1. The van der Waals surface area contributed by atoms with Gasteiger partial charge in [0.05, 0.1) is 20.6 Å². The molecule has 0 saturated heterocycles. The van der Waals surface area contributed by atoms with Gasteiger partial charge in [0.1, 0.15) is 5.82 Å². The van der Waals surface area contributed by atoms with Crippen LogP contribution in [0.3, 0.4) is 0 Å². The van der Waals surface area contributed by atoms with Crippen LogP contribution < -0.4 is 14.8 Å². The van der Waals surface area contributed by atoms with E-state index in [2.05, 4.69) is 5.32 Å². The number of benzene rings is 2. The van der Waals surface area contributed by atoms with Crippen molar-refractivity contribution >= 4 is 11.6 Å². The molecule has 0 unspecified atom stereocenters. The van der Waals surface area contributed by atoms with Crippen LogP contribution in [0.1, 0.15) is 5.56 Å². The van der Waals surface area contributed by atoms with E-state index in [4.69, 9.17) is 9.47 Å². The second-order valence-corrected chi connectivity index (χ2v) is 4.42. The molecule has 0 spiro atoms. The van der Waals surface area contributed by atoms with E-state index in [0.717, 1.165) is 5.56 Å². The Kier molecular flexibility index (Phi) is 4.77. The Morgan fingerprint density at radius 1 is 1.10 bits per heavy atom. The number of nitrogens with one attached hydrogen (secondary N) is 1. The molecule has 1 N–H and O–H groups in total. The molecule has 0 bridgehead atoms. The normalized spacial score (nSPS) is 10.0. The number of hydrogen-bond donors (Lipinski definition) is 1. The van der Waals surface area contributed by atoms with Crippen LogP contribution >= 0.6 is 0 Å². The van der Waals surface area contributed by atoms with Crippen molar-refractivity contribution in [1.82, 2.24) is 0 Å². The molecule has 0 radical (unpaired) electrons. The van der Waals surface area contributed by atoms with Crippen molar-refractivity contribution in [2.24, 2.45) is 0 Å². The topological polar surface area (TPSA) is 47.6 Å². The number of methoxy groups -OCH3 is 2. The Morgan fingerprint density at radius 2 is 1.86 bits per heavy atom. The van der Waals surface area contributed by atoms with Crippen molar-refractivity contribution in [3.8, 4) is 11.5 Å². The van der Waals surface area contributed by atoms with Crippen LogP contribution in [0.25, 0.3) is 0 Å². The molecule has 0 heterocycles. The van der Waals surface area contributed by atoms with Crippen molar-refractivity contribution in [2.75, 3.05) is 19.5 Å². The lowest BCUT2D eigenvalue weighted by Crippen LogP contribution is -2.14. The molecule has 21 heavy (non-hydrogen) atoms. The van der Waals surface area contributed by atoms with E-state index in [1.165, 1.54) is 19.2 Å². The summed E-state index contributed by atoms with van der Waals surface area (Å²) in [5.74, 6) is 0.548. The molecule has 0 saturated carbocycles. The van der Waals surface area contributed by atoms with Crippen molar-refractivity contribution in [1.29, 1.82) is 0 Å². The van der Waals surface area contributed by atoms with Crippen molar-refractivity contribution in [3.05, 3.63) is 53.8 Å². The van der Waals surface area contributed by atoms with E-state index in [1.54, 1.807) is 37.4 Å². The molecule has 1 amide bonds. The van der Waals surface area contributed by atoms with E-state index in [-0.39, 0.29) is 18.1 Å². The van der Waals surface area contributed by atoms with Crippen molar-refractivity contribution < 1.29 is 18.7 Å². The van der Waals surface area contributed by atoms with Crippen LogP contribution in [-0.2, 0) is 11.2 Å². The molecule has 110 valence electrons. The number of rotatable bonds is 5. The van der Waals surface area contributed by atoms with Gasteiger partial charge < -0.3 is 14.8 Å². The highest BCUT2D eigenvalue weighted by atomic mass is 19.1. The minimum Gasteiger partial charge on any atom is -0.493 e. The van der Waals surface area contributed by atoms with Crippen LogP contribution in [0, 0.1) is 5.82 Å². The molecule has 0 aromatic heterocycles. The second kappa shape index (κ2) is 6.74. The fourth-order valence-electron chi connectivity index (χ4n) is 1.95. The molecular weight excluding hydrogens is 273 g/mol. The summed E-state index contributed by atoms with van der Waals surface area (Å²) in [5, 5.41) is 2.65. The van der Waals surface area contributed by atoms with E-state index in [1.807, 2.05) is 0 Å². The predicted octanol–water partition coefficient (Wildman–Crippen LogP) is 3.02. The van der Waals surface area contributed by atoms with Gasteiger partial charge in [0, 0.05) is 5.69 Å². The Labute approximate surface area is 122 Å². The first-order valence-electron chi connectivity index (χ1n) is 6.38. The maximum Gasteiger partial charge on any atom is 0.228 e. The fraction of sp³-hybridized carbons (Fsp3) is 0.188. The molecule has 0 aliphatic heterocycles. The second-order valence-electron chi connectivity index (χ2n) is 4.42. The van der Waals surface area contributed by atoms with Crippen LogP contribution in [-0.4, -0.2) is 20.1 Å². The summed E-state index contributed by atoms with van der Waals surface area (Å²) in [4.78, 5) is 11.9. The van der Waals surface area contributed by atoms with Crippen molar-refractivity contribution in [2.45, 2.75) is 6.42 Å². The molecule has 0 atom stereocenters. The summed E-state index contributed by atoms with van der Waals surface area (Å²) in [6, 6.07) is 11.0. The zero-order chi connectivity index (χ0) is 15.2. The summed E-state index contributed by atoms with van der Waals surface area (Å²) in [6.45, 7) is 0. The third-order valence-corrected chi connectivity index (χ3v) is 2.92. The number of ether oxygens (including phenoxy) is 2. The molecule has 2 rings (SSSR count). The highest BCUT2D eigenvalue weighted by molar-refractivity contribution is 5.92. The minimum atomic E-state index is -0.390. The lowest BCUT2D eigenvalue weighted by Gasteiger charge is -2.10. The van der Waals surface area contributed by atoms with Gasteiger partial charge in [-0.3, -0.25) is 4.79 Å².